The third-order valence-electron chi connectivity index (χ3n) is 3.63. The number of nitrogens with one attached hydrogen (secondary N) is 1. The number of benzene rings is 2. The minimum atomic E-state index is -0.299. The van der Waals surface area contributed by atoms with Crippen molar-refractivity contribution in [2.45, 2.75) is 6.54 Å². The average Bonchev–Trinajstić information content (AvgIpc) is 3.12. The monoisotopic (exact) mass is 372 g/mol. The van der Waals surface area contributed by atoms with Gasteiger partial charge in [0.05, 0.1) is 13.7 Å². The van der Waals surface area contributed by atoms with E-state index in [2.05, 4.69) is 15.5 Å². The van der Waals surface area contributed by atoms with Crippen LogP contribution in [0.5, 0.6) is 5.75 Å². The van der Waals surface area contributed by atoms with E-state index < -0.39 is 0 Å². The Morgan fingerprint density at radius 3 is 2.54 bits per heavy atom. The normalized spacial score (nSPS) is 10.4. The molecule has 0 fully saturated rings. The number of rotatable bonds is 5. The van der Waals surface area contributed by atoms with Crippen molar-refractivity contribution in [1.29, 1.82) is 0 Å². The number of ether oxygens (including phenoxy) is 1. The molecule has 1 N–H and O–H groups in total. The lowest BCUT2D eigenvalue weighted by Crippen LogP contribution is -2.30. The van der Waals surface area contributed by atoms with Crippen LogP contribution in [0, 0.1) is 5.82 Å². The van der Waals surface area contributed by atoms with E-state index in [9.17, 15) is 4.39 Å². The molecule has 0 aliphatic heterocycles. The highest BCUT2D eigenvalue weighted by molar-refractivity contribution is 7.80. The quantitative estimate of drug-likeness (QED) is 0.685. The summed E-state index contributed by atoms with van der Waals surface area (Å²) in [7, 11) is 3.41. The fourth-order valence-electron chi connectivity index (χ4n) is 2.20. The molecule has 0 aliphatic rings. The van der Waals surface area contributed by atoms with E-state index >= 15 is 0 Å². The third kappa shape index (κ3) is 4.34. The molecule has 2 aromatic carbocycles. The second-order valence-electron chi connectivity index (χ2n) is 5.53. The molecule has 0 unspecified atom stereocenters. The lowest BCUT2D eigenvalue weighted by Gasteiger charge is -2.19. The van der Waals surface area contributed by atoms with Crippen LogP contribution < -0.4 is 10.1 Å². The first-order valence-corrected chi connectivity index (χ1v) is 8.20. The Bertz CT molecular complexity index is 881. The van der Waals surface area contributed by atoms with E-state index in [1.165, 1.54) is 12.1 Å². The maximum Gasteiger partial charge on any atom is 0.246 e. The van der Waals surface area contributed by atoms with Crippen molar-refractivity contribution in [3.05, 3.63) is 60.2 Å². The Hall–Kier alpha value is -3.00. The van der Waals surface area contributed by atoms with E-state index in [1.807, 2.05) is 24.3 Å². The first-order chi connectivity index (χ1) is 12.5. The molecule has 0 aliphatic carbocycles. The number of hydrogen-bond acceptors (Lipinski definition) is 5. The van der Waals surface area contributed by atoms with Crippen LogP contribution in [0.3, 0.4) is 0 Å². The van der Waals surface area contributed by atoms with Gasteiger partial charge in [0.2, 0.25) is 11.7 Å². The molecule has 1 heterocycles. The zero-order valence-corrected chi connectivity index (χ0v) is 15.1. The molecule has 0 radical (unpaired) electrons. The zero-order valence-electron chi connectivity index (χ0n) is 14.3. The first-order valence-electron chi connectivity index (χ1n) is 7.80. The highest BCUT2D eigenvalue weighted by Crippen LogP contribution is 2.20. The van der Waals surface area contributed by atoms with E-state index in [0.717, 1.165) is 11.3 Å². The number of halogens is 1. The van der Waals surface area contributed by atoms with Gasteiger partial charge in [0, 0.05) is 18.3 Å². The molecule has 0 atom stereocenters. The van der Waals surface area contributed by atoms with Crippen molar-refractivity contribution >= 4 is 23.0 Å². The van der Waals surface area contributed by atoms with Gasteiger partial charge in [-0.2, -0.15) is 4.98 Å². The second kappa shape index (κ2) is 7.92. The van der Waals surface area contributed by atoms with Gasteiger partial charge in [-0.1, -0.05) is 5.16 Å². The standard InChI is InChI=1S/C18H17FN4O2S/c1-23(18(26)20-14-7-5-13(19)6-8-14)11-16-21-17(22-25-16)12-3-9-15(24-2)10-4-12/h3-10H,11H2,1-2H3,(H,20,26). The Kier molecular flexibility index (Phi) is 5.43. The summed E-state index contributed by atoms with van der Waals surface area (Å²) in [5.41, 5.74) is 1.53. The predicted molar refractivity (Wildman–Crippen MR) is 100 cm³/mol. The van der Waals surface area contributed by atoms with Gasteiger partial charge in [-0.15, -0.1) is 0 Å². The Morgan fingerprint density at radius 2 is 1.88 bits per heavy atom. The van der Waals surface area contributed by atoms with Gasteiger partial charge in [0.25, 0.3) is 0 Å². The van der Waals surface area contributed by atoms with Gasteiger partial charge >= 0.3 is 0 Å². The summed E-state index contributed by atoms with van der Waals surface area (Å²) in [6, 6.07) is 13.3. The highest BCUT2D eigenvalue weighted by Gasteiger charge is 2.13. The molecule has 1 aromatic heterocycles. The van der Waals surface area contributed by atoms with Crippen LogP contribution in [0.2, 0.25) is 0 Å². The Balaban J connectivity index is 1.62. The summed E-state index contributed by atoms with van der Waals surface area (Å²) in [6.45, 7) is 0.343. The molecule has 3 aromatic rings. The van der Waals surface area contributed by atoms with Crippen molar-refractivity contribution in [1.82, 2.24) is 15.0 Å². The van der Waals surface area contributed by atoms with E-state index in [-0.39, 0.29) is 5.82 Å². The smallest absolute Gasteiger partial charge is 0.246 e. The molecule has 0 spiro atoms. The van der Waals surface area contributed by atoms with Gasteiger partial charge in [-0.05, 0) is 60.7 Å². The van der Waals surface area contributed by atoms with Crippen molar-refractivity contribution in [3.8, 4) is 17.1 Å². The van der Waals surface area contributed by atoms with Crippen LogP contribution in [-0.4, -0.2) is 34.3 Å². The number of methoxy groups -OCH3 is 1. The van der Waals surface area contributed by atoms with Crippen LogP contribution in [0.25, 0.3) is 11.4 Å². The molecule has 8 heteroatoms. The molecule has 0 saturated carbocycles. The van der Waals surface area contributed by atoms with Crippen LogP contribution in [0.15, 0.2) is 53.1 Å². The van der Waals surface area contributed by atoms with E-state index in [1.54, 1.807) is 31.2 Å². The number of hydrogen-bond donors (Lipinski definition) is 1. The average molecular weight is 372 g/mol. The molecule has 3 rings (SSSR count). The van der Waals surface area contributed by atoms with Gasteiger partial charge in [0.15, 0.2) is 5.11 Å². The summed E-state index contributed by atoms with van der Waals surface area (Å²) in [5.74, 6) is 1.39. The largest absolute Gasteiger partial charge is 0.497 e. The maximum absolute atomic E-state index is 12.9. The molecule has 0 bridgehead atoms. The van der Waals surface area contributed by atoms with E-state index in [0.29, 0.717) is 29.1 Å². The van der Waals surface area contributed by atoms with Crippen LogP contribution >= 0.6 is 12.2 Å². The third-order valence-corrected chi connectivity index (χ3v) is 4.04. The summed E-state index contributed by atoms with van der Waals surface area (Å²) >= 11 is 5.34. The van der Waals surface area contributed by atoms with Crippen LogP contribution in [-0.2, 0) is 6.54 Å². The minimum absolute atomic E-state index is 0.299. The Morgan fingerprint density at radius 1 is 1.19 bits per heavy atom. The van der Waals surface area contributed by atoms with Crippen molar-refractivity contribution < 1.29 is 13.7 Å². The van der Waals surface area contributed by atoms with Crippen molar-refractivity contribution in [2.75, 3.05) is 19.5 Å². The molecule has 6 nitrogen and oxygen atoms in total. The van der Waals surface area contributed by atoms with Gasteiger partial charge in [0.1, 0.15) is 11.6 Å². The molecule has 134 valence electrons. The molecule has 26 heavy (non-hydrogen) atoms. The van der Waals surface area contributed by atoms with E-state index in [4.69, 9.17) is 21.5 Å². The number of aromatic nitrogens is 2. The molecule has 0 saturated heterocycles. The highest BCUT2D eigenvalue weighted by atomic mass is 32.1. The topological polar surface area (TPSA) is 63.4 Å². The first kappa shape index (κ1) is 17.8. The van der Waals surface area contributed by atoms with Crippen LogP contribution in [0.1, 0.15) is 5.89 Å². The number of anilines is 1. The SMILES string of the molecule is COc1ccc(-c2noc(CN(C)C(=S)Nc3ccc(F)cc3)n2)cc1. The zero-order chi connectivity index (χ0) is 18.5. The number of thiocarbonyl (C=S) groups is 1. The van der Waals surface area contributed by atoms with Crippen molar-refractivity contribution in [2.24, 2.45) is 0 Å². The van der Waals surface area contributed by atoms with Crippen molar-refractivity contribution in [3.63, 3.8) is 0 Å². The molecular formula is C18H17FN4O2S. The summed E-state index contributed by atoms with van der Waals surface area (Å²) in [6.07, 6.45) is 0. The lowest BCUT2D eigenvalue weighted by molar-refractivity contribution is 0.336. The lowest BCUT2D eigenvalue weighted by atomic mass is 10.2. The van der Waals surface area contributed by atoms with Gasteiger partial charge in [-0.3, -0.25) is 0 Å². The summed E-state index contributed by atoms with van der Waals surface area (Å²) in [5, 5.41) is 7.48. The fraction of sp³-hybridized carbons (Fsp3) is 0.167. The summed E-state index contributed by atoms with van der Waals surface area (Å²) in [4.78, 5) is 6.13. The predicted octanol–water partition coefficient (Wildman–Crippen LogP) is 3.71. The molecule has 0 amide bonds. The second-order valence-corrected chi connectivity index (χ2v) is 5.92. The van der Waals surface area contributed by atoms with Gasteiger partial charge < -0.3 is 19.5 Å². The Labute approximate surface area is 155 Å². The number of nitrogens with zero attached hydrogens (tertiary/aromatic N) is 3. The minimum Gasteiger partial charge on any atom is -0.497 e. The summed E-state index contributed by atoms with van der Waals surface area (Å²) < 4.78 is 23.4. The fourth-order valence-corrected chi connectivity index (χ4v) is 2.39. The molecular weight excluding hydrogens is 355 g/mol. The van der Waals surface area contributed by atoms with Gasteiger partial charge in [-0.25, -0.2) is 4.39 Å². The maximum atomic E-state index is 12.9. The van der Waals surface area contributed by atoms with Crippen LogP contribution in [0.4, 0.5) is 10.1 Å².